The predicted molar refractivity (Wildman–Crippen MR) is 85.5 cm³/mol. The van der Waals surface area contributed by atoms with Crippen molar-refractivity contribution in [3.05, 3.63) is 69.8 Å². The van der Waals surface area contributed by atoms with Crippen molar-refractivity contribution in [1.29, 1.82) is 0 Å². The summed E-state index contributed by atoms with van der Waals surface area (Å²) in [6.45, 7) is 0. The molecule has 0 aliphatic rings. The number of thiazole rings is 1. The molecule has 0 saturated heterocycles. The minimum Gasteiger partial charge on any atom is -0.388 e. The van der Waals surface area contributed by atoms with E-state index in [1.165, 1.54) is 0 Å². The minimum atomic E-state index is -0.625. The number of nitrogens with zero attached hydrogens (tertiary/aromatic N) is 2. The van der Waals surface area contributed by atoms with Crippen molar-refractivity contribution in [2.75, 3.05) is 0 Å². The van der Waals surface area contributed by atoms with Gasteiger partial charge in [-0.25, -0.2) is 9.97 Å². The van der Waals surface area contributed by atoms with E-state index in [-0.39, 0.29) is 0 Å². The lowest BCUT2D eigenvalue weighted by Crippen LogP contribution is -2.01. The minimum absolute atomic E-state index is 0.385. The number of hydrogen-bond donors (Lipinski definition) is 1. The molecule has 0 saturated carbocycles. The van der Waals surface area contributed by atoms with E-state index in [1.54, 1.807) is 29.7 Å². The zero-order valence-electron chi connectivity index (χ0n) is 11.1. The molecule has 1 atom stereocenters. The lowest BCUT2D eigenvalue weighted by molar-refractivity contribution is 0.178. The summed E-state index contributed by atoms with van der Waals surface area (Å²) in [7, 11) is 0. The molecule has 21 heavy (non-hydrogen) atoms. The lowest BCUT2D eigenvalue weighted by atomic mass is 10.1. The van der Waals surface area contributed by atoms with Crippen LogP contribution in [0.25, 0.3) is 11.3 Å². The van der Waals surface area contributed by atoms with Crippen LogP contribution in [-0.2, 0) is 6.42 Å². The van der Waals surface area contributed by atoms with Crippen LogP contribution in [0.2, 0.25) is 5.15 Å². The topological polar surface area (TPSA) is 46.0 Å². The van der Waals surface area contributed by atoms with Crippen LogP contribution < -0.4 is 0 Å². The Kier molecular flexibility index (Phi) is 4.29. The fraction of sp³-hybridized carbons (Fsp3) is 0.125. The van der Waals surface area contributed by atoms with E-state index in [0.717, 1.165) is 21.8 Å². The lowest BCUT2D eigenvalue weighted by Gasteiger charge is -2.08. The first-order valence-corrected chi connectivity index (χ1v) is 7.77. The third-order valence-corrected chi connectivity index (χ3v) is 4.20. The maximum atomic E-state index is 10.3. The second-order valence-corrected chi connectivity index (χ2v) is 5.95. The number of hydrogen-bond acceptors (Lipinski definition) is 4. The van der Waals surface area contributed by atoms with E-state index in [9.17, 15) is 5.11 Å². The Morgan fingerprint density at radius 2 is 2.00 bits per heavy atom. The SMILES string of the molecule is OC(Cc1nc(-c2ccccc2)cs1)c1ccnc(Cl)c1. The summed E-state index contributed by atoms with van der Waals surface area (Å²) in [5.41, 5.74) is 2.78. The van der Waals surface area contributed by atoms with Crippen molar-refractivity contribution < 1.29 is 5.11 Å². The highest BCUT2D eigenvalue weighted by Crippen LogP contribution is 2.26. The Morgan fingerprint density at radius 3 is 2.76 bits per heavy atom. The molecular formula is C16H13ClN2OS. The quantitative estimate of drug-likeness (QED) is 0.736. The molecule has 0 fully saturated rings. The van der Waals surface area contributed by atoms with E-state index in [0.29, 0.717) is 11.6 Å². The summed E-state index contributed by atoms with van der Waals surface area (Å²) in [4.78, 5) is 8.49. The van der Waals surface area contributed by atoms with E-state index in [4.69, 9.17) is 11.6 Å². The molecule has 0 aliphatic heterocycles. The first-order chi connectivity index (χ1) is 10.2. The van der Waals surface area contributed by atoms with Crippen LogP contribution in [0.3, 0.4) is 0 Å². The Labute approximate surface area is 131 Å². The highest BCUT2D eigenvalue weighted by Gasteiger charge is 2.12. The fourth-order valence-electron chi connectivity index (χ4n) is 2.05. The van der Waals surface area contributed by atoms with E-state index in [2.05, 4.69) is 9.97 Å². The molecule has 5 heteroatoms. The molecule has 3 nitrogen and oxygen atoms in total. The zero-order chi connectivity index (χ0) is 14.7. The van der Waals surface area contributed by atoms with Gasteiger partial charge in [0.05, 0.1) is 16.8 Å². The molecule has 3 rings (SSSR count). The van der Waals surface area contributed by atoms with Gasteiger partial charge in [-0.15, -0.1) is 11.3 Å². The average Bonchev–Trinajstić information content (AvgIpc) is 2.97. The Balaban J connectivity index is 1.75. The number of aliphatic hydroxyl groups excluding tert-OH is 1. The molecule has 3 aromatic rings. The van der Waals surface area contributed by atoms with Crippen LogP contribution in [-0.4, -0.2) is 15.1 Å². The molecule has 0 amide bonds. The van der Waals surface area contributed by atoms with E-state index < -0.39 is 6.10 Å². The summed E-state index contributed by atoms with van der Waals surface area (Å²) >= 11 is 7.39. The number of aliphatic hydroxyl groups is 1. The van der Waals surface area contributed by atoms with Gasteiger partial charge in [-0.2, -0.15) is 0 Å². The summed E-state index contributed by atoms with van der Waals surface area (Å²) in [5, 5.41) is 13.6. The number of aromatic nitrogens is 2. The third-order valence-electron chi connectivity index (χ3n) is 3.12. The maximum Gasteiger partial charge on any atom is 0.129 e. The first kappa shape index (κ1) is 14.2. The fourth-order valence-corrected chi connectivity index (χ4v) is 3.08. The van der Waals surface area contributed by atoms with Gasteiger partial charge >= 0.3 is 0 Å². The largest absolute Gasteiger partial charge is 0.388 e. The van der Waals surface area contributed by atoms with Crippen molar-refractivity contribution in [2.45, 2.75) is 12.5 Å². The van der Waals surface area contributed by atoms with Crippen molar-refractivity contribution in [2.24, 2.45) is 0 Å². The number of pyridine rings is 1. The van der Waals surface area contributed by atoms with Gasteiger partial charge in [0.2, 0.25) is 0 Å². The van der Waals surface area contributed by atoms with Crippen LogP contribution in [0.4, 0.5) is 0 Å². The van der Waals surface area contributed by atoms with Gasteiger partial charge in [-0.3, -0.25) is 0 Å². The Bertz CT molecular complexity index is 730. The van der Waals surface area contributed by atoms with Gasteiger partial charge < -0.3 is 5.11 Å². The van der Waals surface area contributed by atoms with Crippen LogP contribution in [0.1, 0.15) is 16.7 Å². The Morgan fingerprint density at radius 1 is 1.19 bits per heavy atom. The molecule has 0 radical (unpaired) electrons. The van der Waals surface area contributed by atoms with Gasteiger partial charge in [0.1, 0.15) is 5.15 Å². The summed E-state index contributed by atoms with van der Waals surface area (Å²) in [6.07, 6.45) is 1.44. The average molecular weight is 317 g/mol. The summed E-state index contributed by atoms with van der Waals surface area (Å²) in [5.74, 6) is 0. The van der Waals surface area contributed by atoms with Crippen molar-refractivity contribution in [1.82, 2.24) is 9.97 Å². The smallest absolute Gasteiger partial charge is 0.129 e. The van der Waals surface area contributed by atoms with Gasteiger partial charge in [0, 0.05) is 23.6 Å². The van der Waals surface area contributed by atoms with Gasteiger partial charge in [-0.1, -0.05) is 41.9 Å². The highest BCUT2D eigenvalue weighted by molar-refractivity contribution is 7.09. The van der Waals surface area contributed by atoms with Crippen LogP contribution in [0.15, 0.2) is 54.0 Å². The zero-order valence-corrected chi connectivity index (χ0v) is 12.7. The van der Waals surface area contributed by atoms with Crippen LogP contribution in [0.5, 0.6) is 0 Å². The highest BCUT2D eigenvalue weighted by atomic mass is 35.5. The van der Waals surface area contributed by atoms with Crippen LogP contribution in [0, 0.1) is 0 Å². The van der Waals surface area contributed by atoms with E-state index >= 15 is 0 Å². The number of benzene rings is 1. The second-order valence-electron chi connectivity index (χ2n) is 4.62. The molecule has 0 aliphatic carbocycles. The summed E-state index contributed by atoms with van der Waals surface area (Å²) < 4.78 is 0. The molecule has 106 valence electrons. The maximum absolute atomic E-state index is 10.3. The predicted octanol–water partition coefficient (Wildman–Crippen LogP) is 4.13. The molecule has 2 heterocycles. The van der Waals surface area contributed by atoms with Gasteiger partial charge in [0.25, 0.3) is 0 Å². The van der Waals surface area contributed by atoms with Crippen LogP contribution >= 0.6 is 22.9 Å². The standard InChI is InChI=1S/C16H13ClN2OS/c17-15-8-12(6-7-18-15)14(20)9-16-19-13(10-21-16)11-4-2-1-3-5-11/h1-8,10,14,20H,9H2. The van der Waals surface area contributed by atoms with Gasteiger partial charge in [-0.05, 0) is 17.7 Å². The normalized spacial score (nSPS) is 12.3. The van der Waals surface area contributed by atoms with Crippen molar-refractivity contribution in [3.8, 4) is 11.3 Å². The molecule has 0 bridgehead atoms. The van der Waals surface area contributed by atoms with Gasteiger partial charge in [0.15, 0.2) is 0 Å². The monoisotopic (exact) mass is 316 g/mol. The summed E-state index contributed by atoms with van der Waals surface area (Å²) in [6, 6.07) is 13.5. The molecule has 1 aromatic carbocycles. The molecule has 2 aromatic heterocycles. The van der Waals surface area contributed by atoms with Crippen molar-refractivity contribution in [3.63, 3.8) is 0 Å². The second kappa shape index (κ2) is 6.35. The first-order valence-electron chi connectivity index (χ1n) is 6.52. The number of halogens is 1. The molecule has 0 spiro atoms. The van der Waals surface area contributed by atoms with Crippen molar-refractivity contribution >= 4 is 22.9 Å². The van der Waals surface area contributed by atoms with E-state index in [1.807, 2.05) is 35.7 Å². The molecule has 1 N–H and O–H groups in total. The Hall–Kier alpha value is -1.75. The third kappa shape index (κ3) is 3.47. The molecular weight excluding hydrogens is 304 g/mol. The number of rotatable bonds is 4. The molecule has 1 unspecified atom stereocenters.